The molecule has 2 aromatic rings. The van der Waals surface area contributed by atoms with E-state index < -0.39 is 6.61 Å². The van der Waals surface area contributed by atoms with Crippen molar-refractivity contribution in [3.8, 4) is 5.75 Å². The summed E-state index contributed by atoms with van der Waals surface area (Å²) in [5.41, 5.74) is 0.956. The van der Waals surface area contributed by atoms with E-state index >= 15 is 0 Å². The molecule has 146 valence electrons. The molecule has 0 unspecified atom stereocenters. The zero-order valence-electron chi connectivity index (χ0n) is 14.9. The number of amides is 2. The molecule has 0 bridgehead atoms. The fourth-order valence-electron chi connectivity index (χ4n) is 3.00. The van der Waals surface area contributed by atoms with Crippen LogP contribution in [0.1, 0.15) is 10.4 Å². The Balaban J connectivity index is 1.35. The molecule has 0 atom stereocenters. The summed E-state index contributed by atoms with van der Waals surface area (Å²) >= 11 is 1.76. The van der Waals surface area contributed by atoms with Gasteiger partial charge >= 0.3 is 12.6 Å². The zero-order valence-corrected chi connectivity index (χ0v) is 15.8. The highest BCUT2D eigenvalue weighted by Crippen LogP contribution is 2.15. The molecule has 1 aliphatic rings. The second-order valence-corrected chi connectivity index (χ2v) is 7.38. The number of ether oxygens (including phenoxy) is 1. The Bertz CT molecular complexity index is 702. The summed E-state index contributed by atoms with van der Waals surface area (Å²) in [7, 11) is 0. The largest absolute Gasteiger partial charge is 0.435 e. The number of carbonyl (C=O) groups is 1. The van der Waals surface area contributed by atoms with Gasteiger partial charge in [-0.25, -0.2) is 4.79 Å². The molecular weight excluding hydrogens is 372 g/mol. The number of halogens is 2. The quantitative estimate of drug-likeness (QED) is 0.781. The van der Waals surface area contributed by atoms with Crippen molar-refractivity contribution in [2.24, 2.45) is 0 Å². The van der Waals surface area contributed by atoms with Crippen LogP contribution >= 0.6 is 11.3 Å². The van der Waals surface area contributed by atoms with E-state index in [4.69, 9.17) is 0 Å². The fraction of sp³-hybridized carbons (Fsp3) is 0.421. The highest BCUT2D eigenvalue weighted by molar-refractivity contribution is 7.09. The summed E-state index contributed by atoms with van der Waals surface area (Å²) in [5.74, 6) is 0.137. The van der Waals surface area contributed by atoms with Gasteiger partial charge in [-0.1, -0.05) is 18.2 Å². The van der Waals surface area contributed by atoms with Crippen LogP contribution in [0.15, 0.2) is 41.8 Å². The molecule has 1 saturated heterocycles. The molecule has 0 radical (unpaired) electrons. The van der Waals surface area contributed by atoms with E-state index in [1.165, 1.54) is 17.0 Å². The molecule has 5 nitrogen and oxygen atoms in total. The lowest BCUT2D eigenvalue weighted by atomic mass is 10.1. The van der Waals surface area contributed by atoms with Gasteiger partial charge in [-0.05, 0) is 35.6 Å². The van der Waals surface area contributed by atoms with Crippen molar-refractivity contribution in [2.45, 2.75) is 19.6 Å². The van der Waals surface area contributed by atoms with Crippen molar-refractivity contribution in [1.29, 1.82) is 0 Å². The van der Waals surface area contributed by atoms with Crippen molar-refractivity contribution in [1.82, 2.24) is 15.1 Å². The fourth-order valence-corrected chi connectivity index (χ4v) is 3.74. The van der Waals surface area contributed by atoms with Gasteiger partial charge in [0.2, 0.25) is 0 Å². The Hall–Kier alpha value is -2.19. The van der Waals surface area contributed by atoms with Gasteiger partial charge in [0.25, 0.3) is 0 Å². The maximum absolute atomic E-state index is 12.3. The van der Waals surface area contributed by atoms with Crippen molar-refractivity contribution in [3.63, 3.8) is 0 Å². The number of hydrogen-bond donors (Lipinski definition) is 1. The maximum atomic E-state index is 12.3. The van der Waals surface area contributed by atoms with Crippen LogP contribution in [-0.2, 0) is 13.0 Å². The van der Waals surface area contributed by atoms with Crippen LogP contribution in [0.4, 0.5) is 13.6 Å². The summed E-state index contributed by atoms with van der Waals surface area (Å²) in [4.78, 5) is 17.8. The molecule has 0 spiro atoms. The second kappa shape index (κ2) is 9.66. The number of nitrogens with one attached hydrogen (secondary N) is 1. The lowest BCUT2D eigenvalue weighted by Crippen LogP contribution is -2.51. The van der Waals surface area contributed by atoms with Gasteiger partial charge in [0.05, 0.1) is 0 Å². The number of nitrogens with zero attached hydrogens (tertiary/aromatic N) is 2. The molecule has 8 heteroatoms. The lowest BCUT2D eigenvalue weighted by Gasteiger charge is -2.34. The van der Waals surface area contributed by atoms with Crippen LogP contribution in [0.2, 0.25) is 0 Å². The predicted octanol–water partition coefficient (Wildman–Crippen LogP) is 3.42. The third kappa shape index (κ3) is 6.18. The van der Waals surface area contributed by atoms with E-state index in [1.807, 2.05) is 4.90 Å². The Morgan fingerprint density at radius 3 is 2.52 bits per heavy atom. The molecule has 1 N–H and O–H groups in total. The average molecular weight is 395 g/mol. The van der Waals surface area contributed by atoms with E-state index in [-0.39, 0.29) is 11.8 Å². The smallest absolute Gasteiger partial charge is 0.387 e. The molecule has 27 heavy (non-hydrogen) atoms. The first kappa shape index (κ1) is 19.6. The second-order valence-electron chi connectivity index (χ2n) is 6.35. The van der Waals surface area contributed by atoms with Gasteiger partial charge in [-0.15, -0.1) is 11.3 Å². The van der Waals surface area contributed by atoms with Crippen molar-refractivity contribution < 1.29 is 18.3 Å². The number of carbonyl (C=O) groups excluding carboxylic acids is 1. The minimum absolute atomic E-state index is 0.0524. The number of urea groups is 1. The van der Waals surface area contributed by atoms with E-state index in [0.29, 0.717) is 13.0 Å². The highest BCUT2D eigenvalue weighted by Gasteiger charge is 2.20. The Morgan fingerprint density at radius 1 is 1.15 bits per heavy atom. The minimum atomic E-state index is -2.82. The molecule has 2 heterocycles. The number of alkyl halides is 2. The standard InChI is InChI=1S/C19H23F2N3O2S/c20-18(21)26-16-5-3-15(4-6-16)7-8-22-19(25)24-11-9-23(10-12-24)14-17-2-1-13-27-17/h1-6,13,18H,7-12,14H2,(H,22,25). The van der Waals surface area contributed by atoms with E-state index in [1.54, 1.807) is 23.5 Å². The van der Waals surface area contributed by atoms with Gasteiger partial charge in [0.15, 0.2) is 0 Å². The summed E-state index contributed by atoms with van der Waals surface area (Å²) in [6.45, 7) is 1.81. The lowest BCUT2D eigenvalue weighted by molar-refractivity contribution is -0.0498. The van der Waals surface area contributed by atoms with Gasteiger partial charge in [-0.2, -0.15) is 8.78 Å². The SMILES string of the molecule is O=C(NCCc1ccc(OC(F)F)cc1)N1CCN(Cc2cccs2)CC1. The van der Waals surface area contributed by atoms with E-state index in [2.05, 4.69) is 32.5 Å². The Kier molecular flexibility index (Phi) is 7.00. The molecule has 0 aliphatic carbocycles. The van der Waals surface area contributed by atoms with Gasteiger partial charge in [0.1, 0.15) is 5.75 Å². The monoisotopic (exact) mass is 395 g/mol. The van der Waals surface area contributed by atoms with Crippen molar-refractivity contribution in [3.05, 3.63) is 52.2 Å². The number of piperazine rings is 1. The average Bonchev–Trinajstić information content (AvgIpc) is 3.16. The summed E-state index contributed by atoms with van der Waals surface area (Å²) in [6, 6.07) is 10.6. The number of benzene rings is 1. The summed E-state index contributed by atoms with van der Waals surface area (Å²) in [5, 5.41) is 5.01. The first-order valence-corrected chi connectivity index (χ1v) is 9.79. The van der Waals surface area contributed by atoms with Gasteiger partial charge in [0, 0.05) is 44.1 Å². The van der Waals surface area contributed by atoms with Crippen LogP contribution in [0.5, 0.6) is 5.75 Å². The topological polar surface area (TPSA) is 44.8 Å². The summed E-state index contributed by atoms with van der Waals surface area (Å²) < 4.78 is 28.6. The summed E-state index contributed by atoms with van der Waals surface area (Å²) in [6.07, 6.45) is 0.638. The predicted molar refractivity (Wildman–Crippen MR) is 101 cm³/mol. The third-order valence-electron chi connectivity index (χ3n) is 4.46. The van der Waals surface area contributed by atoms with E-state index in [0.717, 1.165) is 38.3 Å². The molecule has 3 rings (SSSR count). The van der Waals surface area contributed by atoms with Crippen LogP contribution < -0.4 is 10.1 Å². The molecule has 2 amide bonds. The molecular formula is C19H23F2N3O2S. The van der Waals surface area contributed by atoms with Crippen molar-refractivity contribution in [2.75, 3.05) is 32.7 Å². The first-order chi connectivity index (χ1) is 13.1. The minimum Gasteiger partial charge on any atom is -0.435 e. The van der Waals surface area contributed by atoms with Gasteiger partial charge < -0.3 is 15.0 Å². The van der Waals surface area contributed by atoms with Crippen molar-refractivity contribution >= 4 is 17.4 Å². The number of thiophene rings is 1. The normalized spacial score (nSPS) is 15.1. The van der Waals surface area contributed by atoms with Crippen LogP contribution in [0.3, 0.4) is 0 Å². The molecule has 1 aromatic heterocycles. The molecule has 0 saturated carbocycles. The number of rotatable bonds is 7. The number of hydrogen-bond acceptors (Lipinski definition) is 4. The Morgan fingerprint density at radius 2 is 1.89 bits per heavy atom. The van der Waals surface area contributed by atoms with Crippen LogP contribution in [0.25, 0.3) is 0 Å². The maximum Gasteiger partial charge on any atom is 0.387 e. The molecule has 1 aliphatic heterocycles. The molecule has 1 fully saturated rings. The Labute approximate surface area is 161 Å². The first-order valence-electron chi connectivity index (χ1n) is 8.91. The van der Waals surface area contributed by atoms with Gasteiger partial charge in [-0.3, -0.25) is 4.90 Å². The molecule has 1 aromatic carbocycles. The van der Waals surface area contributed by atoms with Crippen LogP contribution in [-0.4, -0.2) is 55.2 Å². The zero-order chi connectivity index (χ0) is 19.1. The van der Waals surface area contributed by atoms with Crippen LogP contribution in [0, 0.1) is 0 Å². The highest BCUT2D eigenvalue weighted by atomic mass is 32.1. The third-order valence-corrected chi connectivity index (χ3v) is 5.32. The van der Waals surface area contributed by atoms with E-state index in [9.17, 15) is 13.6 Å².